The number of rotatable bonds is 6. The lowest BCUT2D eigenvalue weighted by atomic mass is 10.1. The van der Waals surface area contributed by atoms with Gasteiger partial charge >= 0.3 is 5.97 Å². The van der Waals surface area contributed by atoms with Crippen LogP contribution in [-0.4, -0.2) is 32.8 Å². The Kier molecular flexibility index (Phi) is 5.81. The highest BCUT2D eigenvalue weighted by Crippen LogP contribution is 2.32. The summed E-state index contributed by atoms with van der Waals surface area (Å²) < 4.78 is 32.3. The number of ether oxygens (including phenoxy) is 1. The highest BCUT2D eigenvalue weighted by atomic mass is 35.5. The van der Waals surface area contributed by atoms with Crippen LogP contribution in [0.15, 0.2) is 42.5 Å². The Balaban J connectivity index is 2.20. The van der Waals surface area contributed by atoms with E-state index in [1.54, 1.807) is 0 Å². The van der Waals surface area contributed by atoms with E-state index >= 15 is 0 Å². The van der Waals surface area contributed by atoms with Gasteiger partial charge in [0.15, 0.2) is 12.4 Å². The van der Waals surface area contributed by atoms with Crippen LogP contribution in [0.4, 0.5) is 8.78 Å². The summed E-state index contributed by atoms with van der Waals surface area (Å²) in [6.45, 7) is -1.27. The molecule has 0 aliphatic heterocycles. The summed E-state index contributed by atoms with van der Waals surface area (Å²) in [4.78, 5) is 19.3. The van der Waals surface area contributed by atoms with Crippen LogP contribution in [0.3, 0.4) is 0 Å². The van der Waals surface area contributed by atoms with Crippen LogP contribution in [0.1, 0.15) is 5.56 Å². The molecule has 0 saturated carbocycles. The van der Waals surface area contributed by atoms with Crippen molar-refractivity contribution in [3.05, 3.63) is 64.7 Å². The van der Waals surface area contributed by atoms with Crippen molar-refractivity contribution in [2.45, 2.75) is 6.61 Å². The van der Waals surface area contributed by atoms with Crippen molar-refractivity contribution in [3.8, 4) is 28.5 Å². The van der Waals surface area contributed by atoms with Gasteiger partial charge < -0.3 is 14.9 Å². The molecule has 2 N–H and O–H groups in total. The molecule has 0 spiro atoms. The molecule has 1 heterocycles. The maximum atomic E-state index is 13.9. The molecule has 1 aromatic heterocycles. The third-order valence-electron chi connectivity index (χ3n) is 3.76. The molecule has 0 radical (unpaired) electrons. The fourth-order valence-corrected chi connectivity index (χ4v) is 2.58. The summed E-state index contributed by atoms with van der Waals surface area (Å²) >= 11 is 5.70. The molecule has 3 rings (SSSR count). The number of aromatic nitrogens is 2. The van der Waals surface area contributed by atoms with Crippen molar-refractivity contribution < 1.29 is 28.5 Å². The van der Waals surface area contributed by atoms with Crippen LogP contribution >= 0.6 is 11.6 Å². The molecule has 0 atom stereocenters. The summed E-state index contributed by atoms with van der Waals surface area (Å²) in [6.07, 6.45) is 0. The van der Waals surface area contributed by atoms with Crippen molar-refractivity contribution >= 4 is 17.6 Å². The first-order valence-corrected chi connectivity index (χ1v) is 8.34. The zero-order valence-electron chi connectivity index (χ0n) is 14.2. The van der Waals surface area contributed by atoms with Gasteiger partial charge in [0.25, 0.3) is 0 Å². The molecule has 0 amide bonds. The smallest absolute Gasteiger partial charge is 0.341 e. The number of aliphatic hydroxyl groups is 1. The standard InChI is InChI=1S/C19H13ClF2N2O4/c20-14-6-3-11(7-15(14)22)18-23-17(10-1-4-12(21)5-2-10)13(8-25)19(24-18)28-9-16(26)27/h1-7,25H,8-9H2,(H,26,27). The molecule has 0 aliphatic rings. The molecule has 0 saturated heterocycles. The van der Waals surface area contributed by atoms with Crippen LogP contribution in [0.2, 0.25) is 5.02 Å². The summed E-state index contributed by atoms with van der Waals surface area (Å²) in [5.74, 6) is -2.56. The van der Waals surface area contributed by atoms with Gasteiger partial charge in [0.2, 0.25) is 5.88 Å². The van der Waals surface area contributed by atoms with Crippen LogP contribution < -0.4 is 4.74 Å². The van der Waals surface area contributed by atoms with Crippen LogP contribution in [0.25, 0.3) is 22.6 Å². The normalized spacial score (nSPS) is 10.7. The molecule has 3 aromatic rings. The summed E-state index contributed by atoms with van der Waals surface area (Å²) in [6, 6.07) is 9.20. The van der Waals surface area contributed by atoms with E-state index in [1.165, 1.54) is 36.4 Å². The second-order valence-corrected chi connectivity index (χ2v) is 6.06. The van der Waals surface area contributed by atoms with Crippen molar-refractivity contribution in [1.82, 2.24) is 9.97 Å². The number of aliphatic carboxylic acids is 1. The van der Waals surface area contributed by atoms with Gasteiger partial charge in [-0.15, -0.1) is 0 Å². The number of halogens is 3. The predicted molar refractivity (Wildman–Crippen MR) is 96.9 cm³/mol. The van der Waals surface area contributed by atoms with Crippen molar-refractivity contribution in [1.29, 1.82) is 0 Å². The van der Waals surface area contributed by atoms with Gasteiger partial charge in [-0.3, -0.25) is 0 Å². The fourth-order valence-electron chi connectivity index (χ4n) is 2.47. The van der Waals surface area contributed by atoms with Crippen molar-refractivity contribution in [2.75, 3.05) is 6.61 Å². The number of carboxylic acids is 1. The first-order valence-electron chi connectivity index (χ1n) is 7.96. The van der Waals surface area contributed by atoms with E-state index in [1.807, 2.05) is 0 Å². The highest BCUT2D eigenvalue weighted by molar-refractivity contribution is 6.30. The van der Waals surface area contributed by atoms with E-state index in [0.29, 0.717) is 5.56 Å². The lowest BCUT2D eigenvalue weighted by Crippen LogP contribution is -2.13. The summed E-state index contributed by atoms with van der Waals surface area (Å²) in [5.41, 5.74) is 1.01. The summed E-state index contributed by atoms with van der Waals surface area (Å²) in [7, 11) is 0. The number of carbonyl (C=O) groups is 1. The van der Waals surface area contributed by atoms with Crippen LogP contribution in [0.5, 0.6) is 5.88 Å². The lowest BCUT2D eigenvalue weighted by Gasteiger charge is -2.14. The predicted octanol–water partition coefficient (Wildman–Crippen LogP) is 3.70. The van der Waals surface area contributed by atoms with E-state index in [-0.39, 0.29) is 33.5 Å². The van der Waals surface area contributed by atoms with Gasteiger partial charge in [-0.2, -0.15) is 4.98 Å². The third kappa shape index (κ3) is 4.24. The zero-order chi connectivity index (χ0) is 20.3. The third-order valence-corrected chi connectivity index (χ3v) is 4.06. The number of aliphatic hydroxyl groups excluding tert-OH is 1. The molecule has 0 aliphatic carbocycles. The van der Waals surface area contributed by atoms with Gasteiger partial charge in [0.05, 0.1) is 22.9 Å². The number of hydrogen-bond acceptors (Lipinski definition) is 5. The molecule has 0 unspecified atom stereocenters. The number of benzene rings is 2. The SMILES string of the molecule is O=C(O)COc1nc(-c2ccc(Cl)c(F)c2)nc(-c2ccc(F)cc2)c1CO. The molecular formula is C19H13ClF2N2O4. The Morgan fingerprint density at radius 2 is 1.75 bits per heavy atom. The zero-order valence-corrected chi connectivity index (χ0v) is 15.0. The second kappa shape index (κ2) is 8.28. The quantitative estimate of drug-likeness (QED) is 0.648. The average Bonchev–Trinajstić information content (AvgIpc) is 2.68. The second-order valence-electron chi connectivity index (χ2n) is 5.66. The Labute approximate surface area is 163 Å². The molecule has 0 fully saturated rings. The van der Waals surface area contributed by atoms with E-state index in [2.05, 4.69) is 9.97 Å². The number of nitrogens with zero attached hydrogens (tertiary/aromatic N) is 2. The van der Waals surface area contributed by atoms with Gasteiger partial charge in [-0.05, 0) is 42.5 Å². The Bertz CT molecular complexity index is 1030. The minimum Gasteiger partial charge on any atom is -0.479 e. The molecule has 0 bridgehead atoms. The van der Waals surface area contributed by atoms with E-state index in [4.69, 9.17) is 21.4 Å². The van der Waals surface area contributed by atoms with E-state index in [0.717, 1.165) is 6.07 Å². The first-order chi connectivity index (χ1) is 13.4. The van der Waals surface area contributed by atoms with Gasteiger partial charge in [0, 0.05) is 11.1 Å². The largest absolute Gasteiger partial charge is 0.479 e. The summed E-state index contributed by atoms with van der Waals surface area (Å²) in [5, 5.41) is 18.5. The number of carboxylic acid groups (broad SMARTS) is 1. The van der Waals surface area contributed by atoms with Crippen LogP contribution in [0, 0.1) is 11.6 Å². The lowest BCUT2D eigenvalue weighted by molar-refractivity contribution is -0.139. The van der Waals surface area contributed by atoms with Crippen LogP contribution in [-0.2, 0) is 11.4 Å². The Morgan fingerprint density at radius 3 is 2.36 bits per heavy atom. The minimum absolute atomic E-state index is 0.0208. The van der Waals surface area contributed by atoms with E-state index in [9.17, 15) is 18.7 Å². The fraction of sp³-hybridized carbons (Fsp3) is 0.105. The molecule has 28 heavy (non-hydrogen) atoms. The Morgan fingerprint density at radius 1 is 1.07 bits per heavy atom. The maximum Gasteiger partial charge on any atom is 0.341 e. The minimum atomic E-state index is -1.25. The highest BCUT2D eigenvalue weighted by Gasteiger charge is 2.19. The van der Waals surface area contributed by atoms with Crippen molar-refractivity contribution in [2.24, 2.45) is 0 Å². The Hall–Kier alpha value is -3.10. The molecule has 144 valence electrons. The monoisotopic (exact) mass is 406 g/mol. The topological polar surface area (TPSA) is 92.5 Å². The average molecular weight is 407 g/mol. The molecule has 6 nitrogen and oxygen atoms in total. The molecule has 2 aromatic carbocycles. The van der Waals surface area contributed by atoms with Crippen molar-refractivity contribution in [3.63, 3.8) is 0 Å². The molecular weight excluding hydrogens is 394 g/mol. The maximum absolute atomic E-state index is 13.9. The number of hydrogen-bond donors (Lipinski definition) is 2. The van der Waals surface area contributed by atoms with Gasteiger partial charge in [0.1, 0.15) is 11.6 Å². The van der Waals surface area contributed by atoms with E-state index < -0.39 is 30.8 Å². The molecule has 9 heteroatoms. The first kappa shape index (κ1) is 19.7. The van der Waals surface area contributed by atoms with Gasteiger partial charge in [-0.1, -0.05) is 11.6 Å². The van der Waals surface area contributed by atoms with Gasteiger partial charge in [-0.25, -0.2) is 18.6 Å².